The molecule has 0 spiro atoms. The summed E-state index contributed by atoms with van der Waals surface area (Å²) >= 11 is 1.64. The molecular weight excluding hydrogens is 368 g/mol. The second-order valence-corrected chi connectivity index (χ2v) is 9.00. The molecule has 0 radical (unpaired) electrons. The van der Waals surface area contributed by atoms with Crippen LogP contribution in [-0.2, 0) is 24.0 Å². The average Bonchev–Trinajstić information content (AvgIpc) is 3.22. The van der Waals surface area contributed by atoms with Crippen LogP contribution in [0.4, 0.5) is 4.79 Å². The summed E-state index contributed by atoms with van der Waals surface area (Å²) in [6, 6.07) is 6.34. The molecule has 0 unspecified atom stereocenters. The summed E-state index contributed by atoms with van der Waals surface area (Å²) in [4.78, 5) is 14.3. The van der Waals surface area contributed by atoms with Crippen LogP contribution in [0.15, 0.2) is 17.5 Å². The van der Waals surface area contributed by atoms with E-state index in [2.05, 4.69) is 26.0 Å². The van der Waals surface area contributed by atoms with Crippen LogP contribution in [0, 0.1) is 11.3 Å². The SMILES string of the molecule is CCCc1c(CCCC#N)c(-c2cccs2)n(C(=O)OC(C)(C)C)c1CCC. The Morgan fingerprint density at radius 1 is 1.18 bits per heavy atom. The number of thiophene rings is 1. The minimum Gasteiger partial charge on any atom is -0.443 e. The van der Waals surface area contributed by atoms with Crippen LogP contribution >= 0.6 is 11.3 Å². The van der Waals surface area contributed by atoms with E-state index in [4.69, 9.17) is 10.00 Å². The fourth-order valence-corrected chi connectivity index (χ4v) is 4.35. The highest BCUT2D eigenvalue weighted by Gasteiger charge is 2.29. The van der Waals surface area contributed by atoms with E-state index in [1.165, 1.54) is 11.1 Å². The molecule has 2 aromatic rings. The van der Waals surface area contributed by atoms with Gasteiger partial charge in [0.15, 0.2) is 0 Å². The summed E-state index contributed by atoms with van der Waals surface area (Å²) in [6.07, 6.45) is 5.59. The van der Waals surface area contributed by atoms with Crippen molar-refractivity contribution in [3.63, 3.8) is 0 Å². The van der Waals surface area contributed by atoms with E-state index in [-0.39, 0.29) is 6.09 Å². The Labute approximate surface area is 173 Å². The van der Waals surface area contributed by atoms with Crippen molar-refractivity contribution in [3.8, 4) is 16.6 Å². The molecule has 0 aliphatic heterocycles. The van der Waals surface area contributed by atoms with Gasteiger partial charge in [0.2, 0.25) is 0 Å². The third-order valence-corrected chi connectivity index (χ3v) is 5.40. The first-order valence-electron chi connectivity index (χ1n) is 10.2. The summed E-state index contributed by atoms with van der Waals surface area (Å²) in [5.41, 5.74) is 3.98. The molecule has 0 saturated carbocycles. The smallest absolute Gasteiger partial charge is 0.419 e. The Morgan fingerprint density at radius 3 is 2.43 bits per heavy atom. The largest absolute Gasteiger partial charge is 0.443 e. The Bertz CT molecular complexity index is 820. The molecule has 2 aromatic heterocycles. The lowest BCUT2D eigenvalue weighted by Crippen LogP contribution is -2.28. The van der Waals surface area contributed by atoms with Crippen LogP contribution in [0.2, 0.25) is 0 Å². The van der Waals surface area contributed by atoms with Crippen molar-refractivity contribution >= 4 is 17.4 Å². The normalized spacial score (nSPS) is 11.4. The van der Waals surface area contributed by atoms with Crippen molar-refractivity contribution < 1.29 is 9.53 Å². The van der Waals surface area contributed by atoms with Gasteiger partial charge >= 0.3 is 6.09 Å². The van der Waals surface area contributed by atoms with Crippen LogP contribution in [0.1, 0.15) is 77.1 Å². The maximum atomic E-state index is 13.3. The molecule has 0 N–H and O–H groups in total. The topological polar surface area (TPSA) is 55.0 Å². The van der Waals surface area contributed by atoms with Crippen molar-refractivity contribution in [3.05, 3.63) is 34.3 Å². The number of nitriles is 1. The molecule has 0 aromatic carbocycles. The van der Waals surface area contributed by atoms with Crippen molar-refractivity contribution in [1.82, 2.24) is 4.57 Å². The first-order valence-corrected chi connectivity index (χ1v) is 11.1. The van der Waals surface area contributed by atoms with Gasteiger partial charge in [0, 0.05) is 12.1 Å². The number of ether oxygens (including phenoxy) is 1. The van der Waals surface area contributed by atoms with Gasteiger partial charge in [0.25, 0.3) is 0 Å². The molecular formula is C23H32N2O2S. The van der Waals surface area contributed by atoms with Gasteiger partial charge in [-0.25, -0.2) is 9.36 Å². The third kappa shape index (κ3) is 5.26. The summed E-state index contributed by atoms with van der Waals surface area (Å²) in [7, 11) is 0. The van der Waals surface area contributed by atoms with Crippen molar-refractivity contribution in [2.45, 2.75) is 85.2 Å². The number of aromatic nitrogens is 1. The maximum absolute atomic E-state index is 13.3. The fourth-order valence-electron chi connectivity index (χ4n) is 3.56. The van der Waals surface area contributed by atoms with Crippen LogP contribution < -0.4 is 0 Å². The summed E-state index contributed by atoms with van der Waals surface area (Å²) < 4.78 is 7.62. The zero-order chi connectivity index (χ0) is 20.7. The molecule has 0 saturated heterocycles. The number of hydrogen-bond donors (Lipinski definition) is 0. The standard InChI is InChI=1S/C23H32N2O2S/c1-6-11-17-18(13-8-9-15-24)21(20-14-10-16-28-20)25(19(17)12-7-2)22(26)27-23(3,4)5/h10,14,16H,6-9,11-13H2,1-5H3. The average molecular weight is 401 g/mol. The Morgan fingerprint density at radius 2 is 1.89 bits per heavy atom. The van der Waals surface area contributed by atoms with E-state index in [0.29, 0.717) is 6.42 Å². The molecule has 152 valence electrons. The third-order valence-electron chi connectivity index (χ3n) is 4.52. The van der Waals surface area contributed by atoms with Crippen LogP contribution in [0.25, 0.3) is 10.6 Å². The van der Waals surface area contributed by atoms with Gasteiger partial charge in [-0.2, -0.15) is 5.26 Å². The van der Waals surface area contributed by atoms with E-state index >= 15 is 0 Å². The number of nitrogens with zero attached hydrogens (tertiary/aromatic N) is 2. The molecule has 2 rings (SSSR count). The monoisotopic (exact) mass is 400 g/mol. The lowest BCUT2D eigenvalue weighted by atomic mass is 9.97. The lowest BCUT2D eigenvalue weighted by molar-refractivity contribution is 0.0535. The molecule has 28 heavy (non-hydrogen) atoms. The van der Waals surface area contributed by atoms with Gasteiger partial charge in [0.1, 0.15) is 5.60 Å². The second-order valence-electron chi connectivity index (χ2n) is 8.06. The van der Waals surface area contributed by atoms with Gasteiger partial charge in [-0.05, 0) is 69.0 Å². The van der Waals surface area contributed by atoms with Gasteiger partial charge in [-0.15, -0.1) is 11.3 Å². The van der Waals surface area contributed by atoms with Gasteiger partial charge in [-0.1, -0.05) is 32.8 Å². The van der Waals surface area contributed by atoms with Crippen LogP contribution in [0.3, 0.4) is 0 Å². The zero-order valence-corrected chi connectivity index (χ0v) is 18.6. The number of hydrogen-bond acceptors (Lipinski definition) is 4. The van der Waals surface area contributed by atoms with Crippen molar-refractivity contribution in [2.75, 3.05) is 0 Å². The number of carbonyl (C=O) groups excluding carboxylic acids is 1. The van der Waals surface area contributed by atoms with Crippen LogP contribution in [0.5, 0.6) is 0 Å². The first kappa shape index (κ1) is 22.2. The first-order chi connectivity index (χ1) is 13.3. The molecule has 0 amide bonds. The second kappa shape index (κ2) is 9.93. The van der Waals surface area contributed by atoms with Crippen LogP contribution in [-0.4, -0.2) is 16.3 Å². The number of rotatable bonds is 8. The molecule has 0 bridgehead atoms. The Balaban J connectivity index is 2.72. The summed E-state index contributed by atoms with van der Waals surface area (Å²) in [6.45, 7) is 10.0. The summed E-state index contributed by atoms with van der Waals surface area (Å²) in [5.74, 6) is 0. The quantitative estimate of drug-likeness (QED) is 0.460. The van der Waals surface area contributed by atoms with Crippen molar-refractivity contribution in [2.24, 2.45) is 0 Å². The number of unbranched alkanes of at least 4 members (excludes halogenated alkanes) is 1. The predicted molar refractivity (Wildman–Crippen MR) is 116 cm³/mol. The predicted octanol–water partition coefficient (Wildman–Crippen LogP) is 6.75. The number of carbonyl (C=O) groups is 1. The molecule has 0 atom stereocenters. The molecule has 4 nitrogen and oxygen atoms in total. The Hall–Kier alpha value is -2.06. The minimum absolute atomic E-state index is 0.303. The van der Waals surface area contributed by atoms with E-state index in [0.717, 1.165) is 54.8 Å². The zero-order valence-electron chi connectivity index (χ0n) is 17.8. The maximum Gasteiger partial charge on any atom is 0.419 e. The molecule has 0 fully saturated rings. The molecule has 0 aliphatic carbocycles. The van der Waals surface area contributed by atoms with E-state index in [9.17, 15) is 4.79 Å². The van der Waals surface area contributed by atoms with Gasteiger partial charge < -0.3 is 4.74 Å². The van der Waals surface area contributed by atoms with E-state index in [1.54, 1.807) is 11.3 Å². The van der Waals surface area contributed by atoms with E-state index in [1.807, 2.05) is 36.8 Å². The lowest BCUT2D eigenvalue weighted by Gasteiger charge is -2.22. The highest BCUT2D eigenvalue weighted by atomic mass is 32.1. The highest BCUT2D eigenvalue weighted by Crippen LogP contribution is 2.37. The van der Waals surface area contributed by atoms with Gasteiger partial charge in [0.05, 0.1) is 16.6 Å². The molecule has 5 heteroatoms. The molecule has 0 aliphatic rings. The minimum atomic E-state index is -0.552. The van der Waals surface area contributed by atoms with Gasteiger partial charge in [-0.3, -0.25) is 0 Å². The van der Waals surface area contributed by atoms with E-state index < -0.39 is 5.60 Å². The fraction of sp³-hybridized carbons (Fsp3) is 0.565. The highest BCUT2D eigenvalue weighted by molar-refractivity contribution is 7.13. The molecule has 2 heterocycles. The summed E-state index contributed by atoms with van der Waals surface area (Å²) in [5, 5.41) is 11.0. The van der Waals surface area contributed by atoms with Crippen molar-refractivity contribution in [1.29, 1.82) is 5.26 Å². The Kier molecular flexibility index (Phi) is 7.88.